The average molecular weight is 282 g/mol. The Morgan fingerprint density at radius 2 is 1.41 bits per heavy atom. The molecule has 5 rings (SSSR count). The van der Waals surface area contributed by atoms with Gasteiger partial charge in [0.2, 0.25) is 0 Å². The van der Waals surface area contributed by atoms with Crippen LogP contribution >= 0.6 is 0 Å². The van der Waals surface area contributed by atoms with Gasteiger partial charge in [0.15, 0.2) is 0 Å². The van der Waals surface area contributed by atoms with Gasteiger partial charge >= 0.3 is 0 Å². The predicted molar refractivity (Wildman–Crippen MR) is 92.0 cm³/mol. The molecule has 0 spiro atoms. The van der Waals surface area contributed by atoms with Crippen LogP contribution in [0.5, 0.6) is 0 Å². The number of rotatable bonds is 0. The summed E-state index contributed by atoms with van der Waals surface area (Å²) >= 11 is 0. The van der Waals surface area contributed by atoms with E-state index in [0.29, 0.717) is 0 Å². The fourth-order valence-electron chi connectivity index (χ4n) is 3.35. The highest BCUT2D eigenvalue weighted by Gasteiger charge is 2.20. The molecule has 104 valence electrons. The highest BCUT2D eigenvalue weighted by Crippen LogP contribution is 2.41. The fourth-order valence-corrected chi connectivity index (χ4v) is 3.35. The Kier molecular flexibility index (Phi) is 2.25. The average Bonchev–Trinajstić information content (AvgIpc) is 2.89. The summed E-state index contributed by atoms with van der Waals surface area (Å²) in [4.78, 5) is 0. The number of anilines is 2. The molecule has 0 radical (unpaired) electrons. The summed E-state index contributed by atoms with van der Waals surface area (Å²) in [5.41, 5.74) is 7.18. The molecule has 22 heavy (non-hydrogen) atoms. The van der Waals surface area contributed by atoms with Gasteiger partial charge in [-0.3, -0.25) is 0 Å². The van der Waals surface area contributed by atoms with Crippen molar-refractivity contribution in [2.75, 3.05) is 5.32 Å². The standard InChI is InChI=1S/C20H14N2/c1-5-11-18-14(7-1)13-20-15-8-2-3-9-16(15)21-17-10-4-6-12-19(17)22(18)20/h1-13,21H. The molecule has 0 bridgehead atoms. The summed E-state index contributed by atoms with van der Waals surface area (Å²) < 4.78 is 2.35. The van der Waals surface area contributed by atoms with E-state index in [9.17, 15) is 0 Å². The van der Waals surface area contributed by atoms with E-state index in [1.54, 1.807) is 0 Å². The van der Waals surface area contributed by atoms with Crippen molar-refractivity contribution in [2.45, 2.75) is 0 Å². The summed E-state index contributed by atoms with van der Waals surface area (Å²) in [6.07, 6.45) is 0. The van der Waals surface area contributed by atoms with Crippen LogP contribution in [0.3, 0.4) is 0 Å². The maximum absolute atomic E-state index is 3.58. The Labute approximate surface area is 128 Å². The molecule has 0 saturated heterocycles. The number of nitrogens with one attached hydrogen (secondary N) is 1. The molecular weight excluding hydrogens is 268 g/mol. The topological polar surface area (TPSA) is 17.0 Å². The van der Waals surface area contributed by atoms with Gasteiger partial charge in [0.05, 0.1) is 22.6 Å². The van der Waals surface area contributed by atoms with E-state index in [-0.39, 0.29) is 0 Å². The quantitative estimate of drug-likeness (QED) is 0.405. The van der Waals surface area contributed by atoms with E-state index >= 15 is 0 Å². The lowest BCUT2D eigenvalue weighted by Gasteiger charge is -2.11. The van der Waals surface area contributed by atoms with Crippen molar-refractivity contribution in [3.63, 3.8) is 0 Å². The first-order valence-electron chi connectivity index (χ1n) is 7.48. The van der Waals surface area contributed by atoms with Gasteiger partial charge in [-0.2, -0.15) is 0 Å². The van der Waals surface area contributed by atoms with E-state index in [1.165, 1.54) is 27.8 Å². The van der Waals surface area contributed by atoms with Crippen molar-refractivity contribution in [3.8, 4) is 16.9 Å². The summed E-state index contributed by atoms with van der Waals surface area (Å²) in [6, 6.07) is 27.8. The SMILES string of the molecule is c1ccc2c(c1)Nc1ccccc1-n1c-2cc2ccccc21. The molecule has 2 nitrogen and oxygen atoms in total. The zero-order chi connectivity index (χ0) is 14.5. The zero-order valence-electron chi connectivity index (χ0n) is 12.0. The lowest BCUT2D eigenvalue weighted by Crippen LogP contribution is -1.96. The molecule has 1 N–H and O–H groups in total. The Hall–Kier alpha value is -3.00. The van der Waals surface area contributed by atoms with Crippen LogP contribution in [0.15, 0.2) is 78.9 Å². The van der Waals surface area contributed by atoms with Crippen LogP contribution in [-0.2, 0) is 0 Å². The molecule has 2 heterocycles. The summed E-state index contributed by atoms with van der Waals surface area (Å²) in [5, 5.41) is 4.85. The molecule has 1 aliphatic rings. The van der Waals surface area contributed by atoms with E-state index in [4.69, 9.17) is 0 Å². The molecule has 2 heteroatoms. The lowest BCUT2D eigenvalue weighted by atomic mass is 10.1. The summed E-state index contributed by atoms with van der Waals surface area (Å²) in [6.45, 7) is 0. The number of nitrogens with zero attached hydrogens (tertiary/aromatic N) is 1. The molecule has 1 aromatic heterocycles. The Morgan fingerprint density at radius 3 is 2.36 bits per heavy atom. The Balaban J connectivity index is 2.00. The minimum absolute atomic E-state index is 1.13. The van der Waals surface area contributed by atoms with E-state index in [2.05, 4.69) is 88.7 Å². The second kappa shape index (κ2) is 4.25. The molecule has 0 amide bonds. The first-order valence-corrected chi connectivity index (χ1v) is 7.48. The van der Waals surface area contributed by atoms with Crippen molar-refractivity contribution in [1.29, 1.82) is 0 Å². The van der Waals surface area contributed by atoms with Crippen LogP contribution in [0, 0.1) is 0 Å². The van der Waals surface area contributed by atoms with Crippen molar-refractivity contribution < 1.29 is 0 Å². The minimum Gasteiger partial charge on any atom is -0.353 e. The van der Waals surface area contributed by atoms with Crippen LogP contribution in [0.2, 0.25) is 0 Å². The zero-order valence-corrected chi connectivity index (χ0v) is 12.0. The molecule has 0 fully saturated rings. The van der Waals surface area contributed by atoms with Gasteiger partial charge in [0.1, 0.15) is 0 Å². The third kappa shape index (κ3) is 1.49. The van der Waals surface area contributed by atoms with Crippen LogP contribution in [-0.4, -0.2) is 4.57 Å². The number of para-hydroxylation sites is 4. The first kappa shape index (κ1) is 11.6. The van der Waals surface area contributed by atoms with Gasteiger partial charge < -0.3 is 9.88 Å². The highest BCUT2D eigenvalue weighted by atomic mass is 15.1. The van der Waals surface area contributed by atoms with Gasteiger partial charge in [-0.1, -0.05) is 48.5 Å². The summed E-state index contributed by atoms with van der Waals surface area (Å²) in [7, 11) is 0. The van der Waals surface area contributed by atoms with Gasteiger partial charge in [-0.05, 0) is 30.3 Å². The molecule has 0 atom stereocenters. The van der Waals surface area contributed by atoms with E-state index < -0.39 is 0 Å². The molecule has 0 saturated carbocycles. The number of hydrogen-bond donors (Lipinski definition) is 1. The van der Waals surface area contributed by atoms with Gasteiger partial charge in [0.25, 0.3) is 0 Å². The highest BCUT2D eigenvalue weighted by molar-refractivity contribution is 5.95. The van der Waals surface area contributed by atoms with Gasteiger partial charge in [-0.15, -0.1) is 0 Å². The molecule has 1 aliphatic heterocycles. The van der Waals surface area contributed by atoms with Crippen molar-refractivity contribution in [3.05, 3.63) is 78.9 Å². The smallest absolute Gasteiger partial charge is 0.0697 e. The van der Waals surface area contributed by atoms with Crippen LogP contribution in [0.25, 0.3) is 27.8 Å². The lowest BCUT2D eigenvalue weighted by molar-refractivity contribution is 1.15. The van der Waals surface area contributed by atoms with Gasteiger partial charge in [-0.25, -0.2) is 0 Å². The molecule has 0 unspecified atom stereocenters. The molecular formula is C20H14N2. The van der Waals surface area contributed by atoms with Crippen LogP contribution in [0.1, 0.15) is 0 Å². The van der Waals surface area contributed by atoms with E-state index in [0.717, 1.165) is 11.4 Å². The maximum atomic E-state index is 3.58. The second-order valence-electron chi connectivity index (χ2n) is 5.61. The van der Waals surface area contributed by atoms with Crippen molar-refractivity contribution in [1.82, 2.24) is 4.57 Å². The third-order valence-corrected chi connectivity index (χ3v) is 4.33. The maximum Gasteiger partial charge on any atom is 0.0697 e. The number of benzene rings is 3. The Bertz CT molecular complexity index is 1010. The predicted octanol–water partition coefficient (Wildman–Crippen LogP) is 5.35. The summed E-state index contributed by atoms with van der Waals surface area (Å²) in [5.74, 6) is 0. The number of fused-ring (bicyclic) bond motifs is 7. The van der Waals surface area contributed by atoms with Gasteiger partial charge in [0, 0.05) is 16.6 Å². The fraction of sp³-hybridized carbons (Fsp3) is 0. The third-order valence-electron chi connectivity index (χ3n) is 4.33. The monoisotopic (exact) mass is 282 g/mol. The normalized spacial score (nSPS) is 12.0. The number of aromatic nitrogens is 1. The van der Waals surface area contributed by atoms with Crippen molar-refractivity contribution >= 4 is 22.3 Å². The number of hydrogen-bond acceptors (Lipinski definition) is 1. The molecule has 4 aromatic rings. The molecule has 3 aromatic carbocycles. The largest absolute Gasteiger partial charge is 0.353 e. The first-order chi connectivity index (χ1) is 10.9. The molecule has 0 aliphatic carbocycles. The Morgan fingerprint density at radius 1 is 0.682 bits per heavy atom. The van der Waals surface area contributed by atoms with Crippen molar-refractivity contribution in [2.24, 2.45) is 0 Å². The van der Waals surface area contributed by atoms with E-state index in [1.807, 2.05) is 0 Å². The second-order valence-corrected chi connectivity index (χ2v) is 5.61. The van der Waals surface area contributed by atoms with Crippen LogP contribution < -0.4 is 5.32 Å². The van der Waals surface area contributed by atoms with Crippen LogP contribution in [0.4, 0.5) is 11.4 Å². The minimum atomic E-state index is 1.13.